The molecule has 3 heteroatoms. The number of hydrogen-bond donors (Lipinski definition) is 3. The zero-order valence-corrected chi connectivity index (χ0v) is 7.70. The smallest absolute Gasteiger partial charge is 0.120 e. The summed E-state index contributed by atoms with van der Waals surface area (Å²) < 4.78 is 0. The van der Waals surface area contributed by atoms with Gasteiger partial charge in [0.1, 0.15) is 5.75 Å². The third-order valence-electron chi connectivity index (χ3n) is 2.03. The summed E-state index contributed by atoms with van der Waals surface area (Å²) in [7, 11) is 0. The number of hydrogen-bond acceptors (Lipinski definition) is 3. The van der Waals surface area contributed by atoms with Crippen LogP contribution in [0.25, 0.3) is 0 Å². The first kappa shape index (κ1) is 10.0. The van der Waals surface area contributed by atoms with Gasteiger partial charge in [0.15, 0.2) is 0 Å². The fourth-order valence-electron chi connectivity index (χ4n) is 1.26. The van der Waals surface area contributed by atoms with Crippen LogP contribution in [0.4, 0.5) is 0 Å². The third-order valence-corrected chi connectivity index (χ3v) is 2.03. The van der Waals surface area contributed by atoms with Gasteiger partial charge in [-0.1, -0.05) is 12.1 Å². The van der Waals surface area contributed by atoms with Crippen molar-refractivity contribution in [3.05, 3.63) is 29.3 Å². The molecule has 0 amide bonds. The van der Waals surface area contributed by atoms with Crippen molar-refractivity contribution in [3.8, 4) is 5.75 Å². The second-order valence-corrected chi connectivity index (χ2v) is 3.18. The Morgan fingerprint density at radius 3 is 2.69 bits per heavy atom. The van der Waals surface area contributed by atoms with E-state index in [1.54, 1.807) is 12.1 Å². The molecule has 0 aliphatic heterocycles. The van der Waals surface area contributed by atoms with Gasteiger partial charge in [-0.2, -0.15) is 0 Å². The van der Waals surface area contributed by atoms with E-state index in [0.29, 0.717) is 12.0 Å². The molecule has 0 fully saturated rings. The average molecular weight is 181 g/mol. The molecule has 0 bridgehead atoms. The van der Waals surface area contributed by atoms with Crippen molar-refractivity contribution in [1.29, 1.82) is 0 Å². The first-order chi connectivity index (χ1) is 6.15. The molecule has 1 aromatic rings. The molecule has 0 radical (unpaired) electrons. The summed E-state index contributed by atoms with van der Waals surface area (Å²) in [6, 6.07) is 5.08. The molecule has 0 spiro atoms. The third kappa shape index (κ3) is 2.44. The lowest BCUT2D eigenvalue weighted by Crippen LogP contribution is -2.12. The summed E-state index contributed by atoms with van der Waals surface area (Å²) in [6.45, 7) is 1.94. The predicted octanol–water partition coefficient (Wildman–Crippen LogP) is 1.08. The highest BCUT2D eigenvalue weighted by molar-refractivity contribution is 5.37. The minimum atomic E-state index is -0.286. The molecule has 4 N–H and O–H groups in total. The first-order valence-corrected chi connectivity index (χ1v) is 4.31. The van der Waals surface area contributed by atoms with E-state index in [2.05, 4.69) is 0 Å². The second kappa shape index (κ2) is 4.25. The van der Waals surface area contributed by atoms with Gasteiger partial charge in [0.2, 0.25) is 0 Å². The summed E-state index contributed by atoms with van der Waals surface area (Å²) in [5.74, 6) is 0.209. The van der Waals surface area contributed by atoms with Crippen LogP contribution in [0, 0.1) is 6.92 Å². The SMILES string of the molecule is Cc1ccc([C@@H](N)CCO)c(O)c1. The summed E-state index contributed by atoms with van der Waals surface area (Å²) in [5.41, 5.74) is 7.43. The maximum absolute atomic E-state index is 9.53. The van der Waals surface area contributed by atoms with E-state index in [9.17, 15) is 5.11 Å². The fourth-order valence-corrected chi connectivity index (χ4v) is 1.26. The lowest BCUT2D eigenvalue weighted by atomic mass is 10.0. The van der Waals surface area contributed by atoms with Crippen LogP contribution in [-0.4, -0.2) is 16.8 Å². The lowest BCUT2D eigenvalue weighted by Gasteiger charge is -2.12. The fraction of sp³-hybridized carbons (Fsp3) is 0.400. The number of rotatable bonds is 3. The molecule has 0 heterocycles. The number of nitrogens with two attached hydrogens (primary N) is 1. The highest BCUT2D eigenvalue weighted by Gasteiger charge is 2.09. The van der Waals surface area contributed by atoms with Crippen LogP contribution in [0.3, 0.4) is 0 Å². The zero-order valence-electron chi connectivity index (χ0n) is 7.70. The average Bonchev–Trinajstić information content (AvgIpc) is 2.04. The van der Waals surface area contributed by atoms with E-state index in [1.165, 1.54) is 0 Å². The maximum atomic E-state index is 9.53. The van der Waals surface area contributed by atoms with Crippen LogP contribution in [0.5, 0.6) is 5.75 Å². The van der Waals surface area contributed by atoms with Gasteiger partial charge in [-0.05, 0) is 25.0 Å². The van der Waals surface area contributed by atoms with Crippen molar-refractivity contribution >= 4 is 0 Å². The number of benzene rings is 1. The Kier molecular flexibility index (Phi) is 3.28. The molecule has 13 heavy (non-hydrogen) atoms. The molecular formula is C10H15NO2. The summed E-state index contributed by atoms with van der Waals surface area (Å²) in [6.07, 6.45) is 0.469. The number of phenols is 1. The topological polar surface area (TPSA) is 66.5 Å². The molecule has 1 atom stereocenters. The van der Waals surface area contributed by atoms with Gasteiger partial charge in [-0.3, -0.25) is 0 Å². The predicted molar refractivity (Wildman–Crippen MR) is 51.5 cm³/mol. The lowest BCUT2D eigenvalue weighted by molar-refractivity contribution is 0.275. The number of aliphatic hydroxyl groups is 1. The molecule has 0 saturated heterocycles. The molecule has 72 valence electrons. The molecule has 0 aliphatic rings. The summed E-state index contributed by atoms with van der Waals surface area (Å²) in [4.78, 5) is 0. The monoisotopic (exact) mass is 181 g/mol. The van der Waals surface area contributed by atoms with Gasteiger partial charge in [0.05, 0.1) is 0 Å². The van der Waals surface area contributed by atoms with E-state index in [-0.39, 0.29) is 18.4 Å². The van der Waals surface area contributed by atoms with E-state index in [4.69, 9.17) is 10.8 Å². The number of aliphatic hydroxyl groups excluding tert-OH is 1. The second-order valence-electron chi connectivity index (χ2n) is 3.18. The Labute approximate surface area is 77.8 Å². The maximum Gasteiger partial charge on any atom is 0.120 e. The van der Waals surface area contributed by atoms with Crippen LogP contribution < -0.4 is 5.73 Å². The van der Waals surface area contributed by atoms with E-state index in [0.717, 1.165) is 5.56 Å². The number of phenolic OH excluding ortho intramolecular Hbond substituents is 1. The Hall–Kier alpha value is -1.06. The normalized spacial score (nSPS) is 12.8. The van der Waals surface area contributed by atoms with Crippen molar-refractivity contribution in [2.45, 2.75) is 19.4 Å². The Bertz CT molecular complexity index is 286. The van der Waals surface area contributed by atoms with Crippen LogP contribution >= 0.6 is 0 Å². The quantitative estimate of drug-likeness (QED) is 0.653. The van der Waals surface area contributed by atoms with Gasteiger partial charge in [-0.25, -0.2) is 0 Å². The van der Waals surface area contributed by atoms with Crippen molar-refractivity contribution in [3.63, 3.8) is 0 Å². The van der Waals surface area contributed by atoms with Gasteiger partial charge in [0, 0.05) is 18.2 Å². The molecule has 1 rings (SSSR count). The molecular weight excluding hydrogens is 166 g/mol. The van der Waals surface area contributed by atoms with E-state index >= 15 is 0 Å². The molecule has 0 saturated carbocycles. The summed E-state index contributed by atoms with van der Waals surface area (Å²) >= 11 is 0. The Morgan fingerprint density at radius 1 is 1.46 bits per heavy atom. The van der Waals surface area contributed by atoms with Crippen molar-refractivity contribution in [2.75, 3.05) is 6.61 Å². The standard InChI is InChI=1S/C10H15NO2/c1-7-2-3-8(10(13)6-7)9(11)4-5-12/h2-3,6,9,12-13H,4-5,11H2,1H3/t9-/m0/s1. The molecule has 0 aromatic heterocycles. The van der Waals surface area contributed by atoms with Crippen LogP contribution in [0.2, 0.25) is 0 Å². The van der Waals surface area contributed by atoms with Crippen LogP contribution in [0.15, 0.2) is 18.2 Å². The zero-order chi connectivity index (χ0) is 9.84. The Morgan fingerprint density at radius 2 is 2.15 bits per heavy atom. The molecule has 1 aromatic carbocycles. The Balaban J connectivity index is 2.88. The van der Waals surface area contributed by atoms with E-state index < -0.39 is 0 Å². The number of aromatic hydroxyl groups is 1. The largest absolute Gasteiger partial charge is 0.508 e. The van der Waals surface area contributed by atoms with Crippen LogP contribution in [-0.2, 0) is 0 Å². The van der Waals surface area contributed by atoms with Gasteiger partial charge >= 0.3 is 0 Å². The highest BCUT2D eigenvalue weighted by Crippen LogP contribution is 2.25. The van der Waals surface area contributed by atoms with Crippen molar-refractivity contribution in [1.82, 2.24) is 0 Å². The first-order valence-electron chi connectivity index (χ1n) is 4.31. The minimum absolute atomic E-state index is 0.0362. The number of aryl methyl sites for hydroxylation is 1. The highest BCUT2D eigenvalue weighted by atomic mass is 16.3. The van der Waals surface area contributed by atoms with Gasteiger partial charge in [-0.15, -0.1) is 0 Å². The molecule has 0 unspecified atom stereocenters. The summed E-state index contributed by atoms with van der Waals surface area (Å²) in [5, 5.41) is 18.2. The molecule has 0 aliphatic carbocycles. The minimum Gasteiger partial charge on any atom is -0.508 e. The van der Waals surface area contributed by atoms with Crippen molar-refractivity contribution in [2.24, 2.45) is 5.73 Å². The van der Waals surface area contributed by atoms with Crippen LogP contribution in [0.1, 0.15) is 23.6 Å². The molecule has 3 nitrogen and oxygen atoms in total. The van der Waals surface area contributed by atoms with Crippen molar-refractivity contribution < 1.29 is 10.2 Å². The van der Waals surface area contributed by atoms with Gasteiger partial charge in [0.25, 0.3) is 0 Å². The van der Waals surface area contributed by atoms with E-state index in [1.807, 2.05) is 13.0 Å². The van der Waals surface area contributed by atoms with Gasteiger partial charge < -0.3 is 15.9 Å².